The number of aliphatic hydroxyl groups is 1. The summed E-state index contributed by atoms with van der Waals surface area (Å²) in [6.45, 7) is 2.59. The number of aliphatic hydroxyl groups excluding tert-OH is 1. The summed E-state index contributed by atoms with van der Waals surface area (Å²) in [6, 6.07) is 16.8. The summed E-state index contributed by atoms with van der Waals surface area (Å²) in [6.07, 6.45) is 26.2. The van der Waals surface area contributed by atoms with Crippen molar-refractivity contribution in [3.05, 3.63) is 94.7 Å². The highest BCUT2D eigenvalue weighted by Crippen LogP contribution is 2.63. The number of esters is 1. The van der Waals surface area contributed by atoms with Gasteiger partial charge in [-0.15, -0.1) is 0 Å². The van der Waals surface area contributed by atoms with Gasteiger partial charge in [0, 0.05) is 85.1 Å². The van der Waals surface area contributed by atoms with Gasteiger partial charge >= 0.3 is 5.97 Å². The van der Waals surface area contributed by atoms with E-state index in [1.165, 1.54) is 44.6 Å². The summed E-state index contributed by atoms with van der Waals surface area (Å²) >= 11 is 0. The molecule has 6 bridgehead atoms. The van der Waals surface area contributed by atoms with E-state index in [0.717, 1.165) is 93.1 Å². The Morgan fingerprint density at radius 2 is 1.75 bits per heavy atom. The number of benzene rings is 2. The van der Waals surface area contributed by atoms with E-state index in [2.05, 4.69) is 58.9 Å². The molecule has 4 aliphatic carbocycles. The van der Waals surface area contributed by atoms with E-state index in [0.29, 0.717) is 93.0 Å². The molecule has 394 valence electrons. The van der Waals surface area contributed by atoms with Crippen molar-refractivity contribution in [2.45, 2.75) is 190 Å². The number of nitrogen functional groups attached to an aromatic ring is 1. The Hall–Kier alpha value is -4.40. The van der Waals surface area contributed by atoms with Crippen LogP contribution in [0.15, 0.2) is 71.9 Å². The standard InChI is InChI=1S/C59H80N6O6S2/c1-40(66)70-49-19-18-44-32-46(53(69)54-52(44)45-20-27-58(71-54)25-9-14-47(58)33-45)37-65-39-56(36-51(65)68,35-43-21-29-62-50(60)31-43)28-30-63-55(61)64-59(26-10-24-57(59)22-7-8-23-57)73-72-38-42(13-5-6-15-48(67)34-49)17-16-41-11-3-2-4-12-41/h2-4,11-12,20-21,27,29,31-32,42,45,47-49,67,69H,5-10,13-19,22-26,28,30,33-39H2,1H3,(H2,60,62)(H3,61,63,64). The average Bonchev–Trinajstić information content (AvgIpc) is 4.12. The fourth-order valence-electron chi connectivity index (χ4n) is 14.6. The number of aliphatic imine (C=N–C) groups is 1. The van der Waals surface area contributed by atoms with E-state index >= 15 is 0 Å². The minimum absolute atomic E-state index is 0.0231. The van der Waals surface area contributed by atoms with E-state index in [9.17, 15) is 19.8 Å². The first-order chi connectivity index (χ1) is 35.3. The molecule has 5 heterocycles. The quantitative estimate of drug-likeness (QED) is 0.0895. The molecule has 1 aromatic heterocycles. The molecule has 8 aliphatic rings. The first kappa shape index (κ1) is 52.1. The molecule has 0 radical (unpaired) electrons. The monoisotopic (exact) mass is 1030 g/mol. The third-order valence-electron chi connectivity index (χ3n) is 18.3. The topological polar surface area (TPSA) is 186 Å². The molecule has 3 aromatic rings. The van der Waals surface area contributed by atoms with Crippen molar-refractivity contribution >= 4 is 45.2 Å². The number of nitrogens with zero attached hydrogens (tertiary/aromatic N) is 3. The highest BCUT2D eigenvalue weighted by molar-refractivity contribution is 8.77. The van der Waals surface area contributed by atoms with E-state index in [-0.39, 0.29) is 40.4 Å². The summed E-state index contributed by atoms with van der Waals surface area (Å²) in [5, 5.41) is 28.0. The van der Waals surface area contributed by atoms with Gasteiger partial charge in [-0.05, 0) is 156 Å². The predicted molar refractivity (Wildman–Crippen MR) is 293 cm³/mol. The highest BCUT2D eigenvalue weighted by Gasteiger charge is 2.57. The number of rotatable bonds is 6. The van der Waals surface area contributed by atoms with E-state index in [4.69, 9.17) is 25.9 Å². The van der Waals surface area contributed by atoms with Gasteiger partial charge in [0.05, 0.1) is 6.10 Å². The molecule has 4 aliphatic heterocycles. The van der Waals surface area contributed by atoms with E-state index in [1.54, 1.807) is 6.20 Å². The molecule has 2 aromatic carbocycles. The second kappa shape index (κ2) is 22.4. The molecular formula is C59H80N6O6S2. The number of aromatic nitrogens is 1. The Morgan fingerprint density at radius 1 is 0.932 bits per heavy atom. The maximum Gasteiger partial charge on any atom is 0.302 e. The Balaban J connectivity index is 0.976. The minimum Gasteiger partial charge on any atom is -0.504 e. The molecule has 14 heteroatoms. The molecule has 1 saturated heterocycles. The van der Waals surface area contributed by atoms with Crippen LogP contribution < -0.4 is 21.5 Å². The summed E-state index contributed by atoms with van der Waals surface area (Å²) in [4.78, 5) is 38.3. The maximum absolute atomic E-state index is 14.5. The van der Waals surface area contributed by atoms with Gasteiger partial charge in [-0.1, -0.05) is 83.7 Å². The number of guanidine groups is 1. The third kappa shape index (κ3) is 11.6. The van der Waals surface area contributed by atoms with Crippen molar-refractivity contribution in [1.82, 2.24) is 15.2 Å². The fourth-order valence-corrected chi connectivity index (χ4v) is 18.6. The van der Waals surface area contributed by atoms with Gasteiger partial charge in [-0.3, -0.25) is 14.6 Å². The van der Waals surface area contributed by atoms with Crippen LogP contribution in [0.5, 0.6) is 11.5 Å². The minimum atomic E-state index is -0.614. The number of carbonyl (C=O) groups excluding carboxylic acids is 2. The molecule has 8 unspecified atom stereocenters. The van der Waals surface area contributed by atoms with Crippen LogP contribution in [-0.2, 0) is 40.1 Å². The molecule has 3 saturated carbocycles. The first-order valence-electron chi connectivity index (χ1n) is 27.9. The molecule has 3 spiro atoms. The molecule has 7 N–H and O–H groups in total. The van der Waals surface area contributed by atoms with Crippen LogP contribution in [0.1, 0.15) is 169 Å². The van der Waals surface area contributed by atoms with Gasteiger partial charge in [-0.2, -0.15) is 0 Å². The molecular weight excluding hydrogens is 953 g/mol. The average molecular weight is 1030 g/mol. The summed E-state index contributed by atoms with van der Waals surface area (Å²) in [7, 11) is 4.02. The number of fused-ring (bicyclic) bond motifs is 5. The number of hydrogen-bond donors (Lipinski definition) is 5. The molecule has 73 heavy (non-hydrogen) atoms. The second-order valence-corrected chi connectivity index (χ2v) is 26.0. The van der Waals surface area contributed by atoms with E-state index in [1.807, 2.05) is 38.6 Å². The maximum atomic E-state index is 14.5. The van der Waals surface area contributed by atoms with Gasteiger partial charge in [0.15, 0.2) is 17.5 Å². The largest absolute Gasteiger partial charge is 0.504 e. The lowest BCUT2D eigenvalue weighted by Crippen LogP contribution is -2.55. The van der Waals surface area contributed by atoms with Gasteiger partial charge in [0.1, 0.15) is 22.4 Å². The number of phenolic OH excluding ortho intramolecular Hbond substituents is 1. The van der Waals surface area contributed by atoms with Crippen molar-refractivity contribution in [3.8, 4) is 11.5 Å². The zero-order chi connectivity index (χ0) is 50.6. The predicted octanol–water partition coefficient (Wildman–Crippen LogP) is 10.9. The van der Waals surface area contributed by atoms with Crippen LogP contribution in [0.3, 0.4) is 0 Å². The lowest BCUT2D eigenvalue weighted by Gasteiger charge is -2.44. The van der Waals surface area contributed by atoms with Crippen molar-refractivity contribution in [2.75, 3.05) is 24.6 Å². The van der Waals surface area contributed by atoms with Gasteiger partial charge in [0.2, 0.25) is 5.91 Å². The lowest BCUT2D eigenvalue weighted by molar-refractivity contribution is -0.148. The molecule has 4 fully saturated rings. The normalized spacial score (nSPS) is 31.9. The fraction of sp³-hybridized carbons (Fsp3) is 0.627. The zero-order valence-electron chi connectivity index (χ0n) is 43.2. The van der Waals surface area contributed by atoms with Crippen LogP contribution in [0, 0.1) is 22.7 Å². The van der Waals surface area contributed by atoms with Crippen LogP contribution in [-0.4, -0.2) is 79.5 Å². The van der Waals surface area contributed by atoms with Crippen molar-refractivity contribution in [3.63, 3.8) is 0 Å². The third-order valence-corrected chi connectivity index (χ3v) is 21.7. The Bertz CT molecular complexity index is 2500. The summed E-state index contributed by atoms with van der Waals surface area (Å²) < 4.78 is 13.1. The van der Waals surface area contributed by atoms with Gasteiger partial charge in [-0.25, -0.2) is 4.98 Å². The molecule has 1 amide bonds. The number of nitrogens with one attached hydrogen (secondary N) is 1. The highest BCUT2D eigenvalue weighted by atomic mass is 33.1. The Morgan fingerprint density at radius 3 is 2.58 bits per heavy atom. The number of ether oxygens (including phenoxy) is 2. The number of amides is 1. The van der Waals surface area contributed by atoms with Crippen molar-refractivity contribution in [1.29, 1.82) is 0 Å². The van der Waals surface area contributed by atoms with Crippen LogP contribution in [0.2, 0.25) is 0 Å². The molecule has 11 rings (SSSR count). The van der Waals surface area contributed by atoms with Crippen LogP contribution in [0.4, 0.5) is 5.82 Å². The first-order valence-corrected chi connectivity index (χ1v) is 30.2. The van der Waals surface area contributed by atoms with Gasteiger partial charge in [0.25, 0.3) is 0 Å². The number of hydrogen-bond acceptors (Lipinski definition) is 13. The number of aromatic hydroxyl groups is 1. The van der Waals surface area contributed by atoms with Crippen molar-refractivity contribution < 1.29 is 29.3 Å². The second-order valence-electron chi connectivity index (χ2n) is 23.3. The smallest absolute Gasteiger partial charge is 0.302 e. The van der Waals surface area contributed by atoms with Crippen LogP contribution in [0.25, 0.3) is 0 Å². The van der Waals surface area contributed by atoms with Gasteiger partial charge < -0.3 is 41.4 Å². The number of carbonyl (C=O) groups is 2. The molecule has 12 nitrogen and oxygen atoms in total. The number of allylic oxidation sites excluding steroid dienone is 1. The zero-order valence-corrected chi connectivity index (χ0v) is 44.8. The van der Waals surface area contributed by atoms with Crippen molar-refractivity contribution in [2.24, 2.45) is 33.4 Å². The summed E-state index contributed by atoms with van der Waals surface area (Å²) in [5.41, 5.74) is 17.6. The molecule has 8 atom stereocenters. The number of phenols is 1. The van der Waals surface area contributed by atoms with Crippen LogP contribution >= 0.6 is 21.6 Å². The Kier molecular flexibility index (Phi) is 16.0. The Labute approximate surface area is 441 Å². The number of anilines is 1. The number of pyridine rings is 1. The SMILES string of the molecule is CC(=O)OC1CCc2cc(c(O)c3c2C2C=CC4(CCCC4C2)O3)CN2CC(Cc3ccnc(N)c3)(CCN=C(N)NC3(CCCC34CCCC4)SSCC(CCc3ccccc3)CCCCC(O)C1)CC2=O. The van der Waals surface area contributed by atoms with E-state index < -0.39 is 23.2 Å². The lowest BCUT2D eigenvalue weighted by atomic mass is 9.75. The number of aryl methyl sites for hydroxylation is 2. The summed E-state index contributed by atoms with van der Waals surface area (Å²) in [5.74, 6) is 3.19. The number of nitrogens with two attached hydrogens (primary N) is 2.